The van der Waals surface area contributed by atoms with Gasteiger partial charge in [0.1, 0.15) is 5.75 Å². The van der Waals surface area contributed by atoms with Crippen molar-refractivity contribution in [1.29, 1.82) is 0 Å². The van der Waals surface area contributed by atoms with E-state index in [4.69, 9.17) is 9.73 Å². The quantitative estimate of drug-likeness (QED) is 0.373. The molecule has 0 unspecified atom stereocenters. The average molecular weight is 461 g/mol. The van der Waals surface area contributed by atoms with Crippen molar-refractivity contribution in [2.45, 2.75) is 39.7 Å². The second kappa shape index (κ2) is 11.6. The number of likely N-dealkylation sites (tertiary alicyclic amines) is 1. The molecule has 2 N–H and O–H groups in total. The van der Waals surface area contributed by atoms with E-state index >= 15 is 0 Å². The second-order valence-electron chi connectivity index (χ2n) is 6.72. The first kappa shape index (κ1) is 22.0. The Labute approximate surface area is 168 Å². The van der Waals surface area contributed by atoms with Crippen LogP contribution in [-0.2, 0) is 6.42 Å². The summed E-state index contributed by atoms with van der Waals surface area (Å²) in [5.74, 6) is 2.37. The fraction of sp³-hybridized carbons (Fsp3) is 0.632. The molecule has 2 rings (SSSR count). The lowest BCUT2D eigenvalue weighted by molar-refractivity contribution is 0.188. The molecular formula is C19H32IN3O2. The van der Waals surface area contributed by atoms with E-state index in [1.165, 1.54) is 5.56 Å². The van der Waals surface area contributed by atoms with E-state index in [9.17, 15) is 5.11 Å². The summed E-state index contributed by atoms with van der Waals surface area (Å²) in [6.45, 7) is 10.2. The van der Waals surface area contributed by atoms with E-state index < -0.39 is 0 Å². The largest absolute Gasteiger partial charge is 0.493 e. The molecule has 0 spiro atoms. The van der Waals surface area contributed by atoms with Gasteiger partial charge in [-0.15, -0.1) is 24.0 Å². The van der Waals surface area contributed by atoms with Gasteiger partial charge in [-0.25, -0.2) is 0 Å². The van der Waals surface area contributed by atoms with Gasteiger partial charge in [0, 0.05) is 26.2 Å². The number of aliphatic hydroxyl groups excluding tert-OH is 1. The zero-order valence-electron chi connectivity index (χ0n) is 15.6. The minimum atomic E-state index is -0.229. The van der Waals surface area contributed by atoms with Gasteiger partial charge >= 0.3 is 0 Å². The van der Waals surface area contributed by atoms with Crippen LogP contribution >= 0.6 is 24.0 Å². The van der Waals surface area contributed by atoms with Gasteiger partial charge in [-0.05, 0) is 43.4 Å². The van der Waals surface area contributed by atoms with Crippen LogP contribution in [0.5, 0.6) is 5.75 Å². The molecule has 5 nitrogen and oxygen atoms in total. The summed E-state index contributed by atoms with van der Waals surface area (Å²) in [5.41, 5.74) is 1.26. The molecule has 0 amide bonds. The smallest absolute Gasteiger partial charge is 0.194 e. The van der Waals surface area contributed by atoms with Crippen molar-refractivity contribution in [2.75, 3.05) is 32.8 Å². The number of nitrogens with zero attached hydrogens (tertiary/aromatic N) is 2. The predicted molar refractivity (Wildman–Crippen MR) is 114 cm³/mol. The maximum Gasteiger partial charge on any atom is 0.194 e. The van der Waals surface area contributed by atoms with Crippen LogP contribution in [0.4, 0.5) is 0 Å². The summed E-state index contributed by atoms with van der Waals surface area (Å²) in [6, 6.07) is 8.28. The highest BCUT2D eigenvalue weighted by atomic mass is 127. The molecule has 0 saturated carbocycles. The number of guanidine groups is 1. The van der Waals surface area contributed by atoms with Gasteiger partial charge in [0.15, 0.2) is 5.96 Å². The van der Waals surface area contributed by atoms with Gasteiger partial charge in [-0.3, -0.25) is 4.99 Å². The first-order valence-corrected chi connectivity index (χ1v) is 9.01. The van der Waals surface area contributed by atoms with Crippen molar-refractivity contribution in [3.63, 3.8) is 0 Å². The highest BCUT2D eigenvalue weighted by Crippen LogP contribution is 2.14. The average Bonchev–Trinajstić information content (AvgIpc) is 2.99. The number of β-amino-alcohol motifs (C(OH)–C–C–N with tert-alkyl or cyclic N) is 1. The summed E-state index contributed by atoms with van der Waals surface area (Å²) in [6.07, 6.45) is 1.49. The Hall–Kier alpha value is -1.02. The lowest BCUT2D eigenvalue weighted by Crippen LogP contribution is -2.40. The monoisotopic (exact) mass is 461 g/mol. The molecule has 0 radical (unpaired) electrons. The Balaban J connectivity index is 0.00000312. The molecule has 0 bridgehead atoms. The van der Waals surface area contributed by atoms with Crippen LogP contribution in [0.25, 0.3) is 0 Å². The SMILES string of the molecule is CCNC(=NCCc1ccc(OCC(C)C)cc1)N1CC[C@@H](O)C1.I. The van der Waals surface area contributed by atoms with Crippen molar-refractivity contribution in [2.24, 2.45) is 10.9 Å². The number of hydrogen-bond acceptors (Lipinski definition) is 3. The molecule has 0 aliphatic carbocycles. The normalized spacial score (nSPS) is 17.6. The number of nitrogens with one attached hydrogen (secondary N) is 1. The van der Waals surface area contributed by atoms with Crippen LogP contribution in [0, 0.1) is 5.92 Å². The van der Waals surface area contributed by atoms with Gasteiger partial charge in [0.2, 0.25) is 0 Å². The highest BCUT2D eigenvalue weighted by molar-refractivity contribution is 14.0. The molecule has 1 fully saturated rings. The van der Waals surface area contributed by atoms with Gasteiger partial charge in [-0.2, -0.15) is 0 Å². The number of ether oxygens (including phenoxy) is 1. The Morgan fingerprint density at radius 3 is 2.64 bits per heavy atom. The summed E-state index contributed by atoms with van der Waals surface area (Å²) >= 11 is 0. The van der Waals surface area contributed by atoms with Crippen molar-refractivity contribution >= 4 is 29.9 Å². The van der Waals surface area contributed by atoms with E-state index in [0.717, 1.165) is 50.8 Å². The molecule has 6 heteroatoms. The summed E-state index contributed by atoms with van der Waals surface area (Å²) in [4.78, 5) is 6.83. The summed E-state index contributed by atoms with van der Waals surface area (Å²) in [7, 11) is 0. The number of aliphatic hydroxyl groups is 1. The Morgan fingerprint density at radius 2 is 2.08 bits per heavy atom. The highest BCUT2D eigenvalue weighted by Gasteiger charge is 2.22. The number of rotatable bonds is 7. The van der Waals surface area contributed by atoms with E-state index in [1.54, 1.807) is 0 Å². The van der Waals surface area contributed by atoms with Crippen molar-refractivity contribution in [3.05, 3.63) is 29.8 Å². The maximum atomic E-state index is 9.69. The molecule has 142 valence electrons. The third-order valence-corrected chi connectivity index (χ3v) is 3.97. The molecule has 1 heterocycles. The minimum absolute atomic E-state index is 0. The van der Waals surface area contributed by atoms with E-state index in [2.05, 4.69) is 43.1 Å². The van der Waals surface area contributed by atoms with Crippen LogP contribution in [0.2, 0.25) is 0 Å². The number of hydrogen-bond donors (Lipinski definition) is 2. The topological polar surface area (TPSA) is 57.1 Å². The third kappa shape index (κ3) is 7.81. The van der Waals surface area contributed by atoms with Crippen molar-refractivity contribution in [3.8, 4) is 5.75 Å². The van der Waals surface area contributed by atoms with Crippen LogP contribution in [0.3, 0.4) is 0 Å². The molecule has 1 aromatic rings. The minimum Gasteiger partial charge on any atom is -0.493 e. The van der Waals surface area contributed by atoms with Gasteiger partial charge in [0.05, 0.1) is 12.7 Å². The number of halogens is 1. The third-order valence-electron chi connectivity index (χ3n) is 3.97. The Kier molecular flexibility index (Phi) is 10.2. The van der Waals surface area contributed by atoms with Crippen LogP contribution in [0.15, 0.2) is 29.3 Å². The lowest BCUT2D eigenvalue weighted by Gasteiger charge is -2.20. The lowest BCUT2D eigenvalue weighted by atomic mass is 10.1. The van der Waals surface area contributed by atoms with E-state index in [1.807, 2.05) is 12.1 Å². The molecule has 1 aliphatic heterocycles. The van der Waals surface area contributed by atoms with Crippen LogP contribution < -0.4 is 10.1 Å². The molecule has 1 atom stereocenters. The van der Waals surface area contributed by atoms with E-state index in [-0.39, 0.29) is 30.1 Å². The van der Waals surface area contributed by atoms with Crippen LogP contribution in [0.1, 0.15) is 32.8 Å². The standard InChI is InChI=1S/C19H31N3O2.HI/c1-4-20-19(22-12-10-17(23)13-22)21-11-9-16-5-7-18(8-6-16)24-14-15(2)3;/h5-8,15,17,23H,4,9-14H2,1-3H3,(H,20,21);1H/t17-;/m1./s1. The first-order valence-electron chi connectivity index (χ1n) is 9.01. The van der Waals surface area contributed by atoms with E-state index in [0.29, 0.717) is 12.5 Å². The van der Waals surface area contributed by atoms with Gasteiger partial charge in [-0.1, -0.05) is 26.0 Å². The second-order valence-corrected chi connectivity index (χ2v) is 6.72. The summed E-state index contributed by atoms with van der Waals surface area (Å²) < 4.78 is 5.71. The zero-order chi connectivity index (χ0) is 17.4. The molecule has 1 saturated heterocycles. The molecule has 0 aromatic heterocycles. The maximum absolute atomic E-state index is 9.69. The molecule has 25 heavy (non-hydrogen) atoms. The zero-order valence-corrected chi connectivity index (χ0v) is 17.9. The fourth-order valence-electron chi connectivity index (χ4n) is 2.67. The fourth-order valence-corrected chi connectivity index (χ4v) is 2.67. The van der Waals surface area contributed by atoms with Crippen molar-refractivity contribution in [1.82, 2.24) is 10.2 Å². The van der Waals surface area contributed by atoms with Gasteiger partial charge in [0.25, 0.3) is 0 Å². The molecular weight excluding hydrogens is 429 g/mol. The number of aliphatic imine (C=N–C) groups is 1. The predicted octanol–water partition coefficient (Wildman–Crippen LogP) is 2.91. The molecule has 1 aliphatic rings. The first-order chi connectivity index (χ1) is 11.6. The molecule has 1 aromatic carbocycles. The Bertz CT molecular complexity index is 520. The van der Waals surface area contributed by atoms with Crippen LogP contribution in [-0.4, -0.2) is 54.9 Å². The van der Waals surface area contributed by atoms with Gasteiger partial charge < -0.3 is 20.1 Å². The number of benzene rings is 1. The Morgan fingerprint density at radius 1 is 1.36 bits per heavy atom. The van der Waals surface area contributed by atoms with Crippen molar-refractivity contribution < 1.29 is 9.84 Å². The summed E-state index contributed by atoms with van der Waals surface area (Å²) in [5, 5.41) is 13.0.